The van der Waals surface area contributed by atoms with E-state index in [0.717, 1.165) is 23.2 Å². The zero-order chi connectivity index (χ0) is 14.4. The first-order valence-electron chi connectivity index (χ1n) is 7.45. The molecule has 0 amide bonds. The van der Waals surface area contributed by atoms with Crippen LogP contribution in [0.3, 0.4) is 0 Å². The molecule has 0 bridgehead atoms. The monoisotopic (exact) mass is 329 g/mol. The third-order valence-electron chi connectivity index (χ3n) is 3.70. The van der Waals surface area contributed by atoms with Crippen LogP contribution >= 0.6 is 35.1 Å². The first-order valence-corrected chi connectivity index (χ1v) is 9.93. The summed E-state index contributed by atoms with van der Waals surface area (Å²) < 4.78 is 0. The first-order chi connectivity index (χ1) is 9.74. The summed E-state index contributed by atoms with van der Waals surface area (Å²) in [5, 5.41) is 6.03. The van der Waals surface area contributed by atoms with Crippen molar-refractivity contribution in [3.05, 3.63) is 34.9 Å². The van der Waals surface area contributed by atoms with Crippen LogP contribution in [0.5, 0.6) is 0 Å². The standard InChI is InChI=1S/C16H24ClNS2/c1-3-15-16(20-9-8-19-15)14(18-4-2)11-12-6-5-7-13(17)10-12/h5-7,10,14-16,18H,3-4,8-9,11H2,1-2H3. The van der Waals surface area contributed by atoms with Gasteiger partial charge in [-0.2, -0.15) is 23.5 Å². The number of likely N-dealkylation sites (N-methyl/N-ethyl adjacent to an activating group) is 1. The van der Waals surface area contributed by atoms with E-state index in [4.69, 9.17) is 11.6 Å². The lowest BCUT2D eigenvalue weighted by molar-refractivity contribution is 0.490. The first kappa shape index (κ1) is 16.5. The highest BCUT2D eigenvalue weighted by Gasteiger charge is 2.31. The summed E-state index contributed by atoms with van der Waals surface area (Å²) in [7, 11) is 0. The van der Waals surface area contributed by atoms with Gasteiger partial charge < -0.3 is 5.32 Å². The minimum Gasteiger partial charge on any atom is -0.313 e. The van der Waals surface area contributed by atoms with Crippen LogP contribution in [0.15, 0.2) is 24.3 Å². The van der Waals surface area contributed by atoms with Crippen LogP contribution < -0.4 is 5.32 Å². The Bertz CT molecular complexity index is 413. The van der Waals surface area contributed by atoms with Gasteiger partial charge in [0.15, 0.2) is 0 Å². The topological polar surface area (TPSA) is 12.0 Å². The van der Waals surface area contributed by atoms with Crippen molar-refractivity contribution in [2.24, 2.45) is 0 Å². The van der Waals surface area contributed by atoms with Crippen LogP contribution in [0, 0.1) is 0 Å². The van der Waals surface area contributed by atoms with Gasteiger partial charge in [0.25, 0.3) is 0 Å². The van der Waals surface area contributed by atoms with Gasteiger partial charge in [-0.05, 0) is 37.1 Å². The molecule has 20 heavy (non-hydrogen) atoms. The zero-order valence-corrected chi connectivity index (χ0v) is 14.7. The molecule has 3 atom stereocenters. The number of thioether (sulfide) groups is 2. The van der Waals surface area contributed by atoms with E-state index in [9.17, 15) is 0 Å². The molecule has 4 heteroatoms. The zero-order valence-electron chi connectivity index (χ0n) is 12.3. The molecule has 1 nitrogen and oxygen atoms in total. The summed E-state index contributed by atoms with van der Waals surface area (Å²) in [6, 6.07) is 8.85. The normalized spacial score (nSPS) is 24.6. The SMILES string of the molecule is CCNC(Cc1cccc(Cl)c1)C1SCCSC1CC. The maximum Gasteiger partial charge on any atom is 0.0408 e. The molecule has 0 spiro atoms. The van der Waals surface area contributed by atoms with Crippen LogP contribution in [0.25, 0.3) is 0 Å². The van der Waals surface area contributed by atoms with E-state index < -0.39 is 0 Å². The molecule has 1 N–H and O–H groups in total. The second-order valence-corrected chi connectivity index (χ2v) is 8.22. The van der Waals surface area contributed by atoms with E-state index in [1.165, 1.54) is 23.5 Å². The van der Waals surface area contributed by atoms with E-state index >= 15 is 0 Å². The second-order valence-electron chi connectivity index (χ2n) is 5.15. The Balaban J connectivity index is 2.09. The summed E-state index contributed by atoms with van der Waals surface area (Å²) in [5.41, 5.74) is 1.34. The Morgan fingerprint density at radius 3 is 2.80 bits per heavy atom. The van der Waals surface area contributed by atoms with E-state index in [2.05, 4.69) is 60.9 Å². The van der Waals surface area contributed by atoms with Crippen molar-refractivity contribution in [1.82, 2.24) is 5.32 Å². The van der Waals surface area contributed by atoms with Crippen molar-refractivity contribution in [3.63, 3.8) is 0 Å². The lowest BCUT2D eigenvalue weighted by atomic mass is 10.00. The van der Waals surface area contributed by atoms with Gasteiger partial charge in [0.05, 0.1) is 0 Å². The Hall–Kier alpha value is 0.170. The lowest BCUT2D eigenvalue weighted by Crippen LogP contribution is -2.46. The number of nitrogens with one attached hydrogen (secondary N) is 1. The van der Waals surface area contributed by atoms with Crippen molar-refractivity contribution < 1.29 is 0 Å². The average molecular weight is 330 g/mol. The summed E-state index contributed by atoms with van der Waals surface area (Å²) in [5.74, 6) is 2.58. The van der Waals surface area contributed by atoms with Gasteiger partial charge in [-0.3, -0.25) is 0 Å². The molecule has 1 aromatic carbocycles. The fraction of sp³-hybridized carbons (Fsp3) is 0.625. The van der Waals surface area contributed by atoms with Gasteiger partial charge >= 0.3 is 0 Å². The van der Waals surface area contributed by atoms with Gasteiger partial charge in [0, 0.05) is 33.1 Å². The molecule has 2 rings (SSSR count). The summed E-state index contributed by atoms with van der Waals surface area (Å²) in [4.78, 5) is 0. The number of hydrogen-bond acceptors (Lipinski definition) is 3. The fourth-order valence-corrected chi connectivity index (χ4v) is 6.27. The second kappa shape index (κ2) is 8.57. The summed E-state index contributed by atoms with van der Waals surface area (Å²) in [6.45, 7) is 5.55. The van der Waals surface area contributed by atoms with Crippen LogP contribution in [0.4, 0.5) is 0 Å². The summed E-state index contributed by atoms with van der Waals surface area (Å²) in [6.07, 6.45) is 2.34. The number of halogens is 1. The molecule has 0 saturated carbocycles. The van der Waals surface area contributed by atoms with Crippen LogP contribution in [0.1, 0.15) is 25.8 Å². The molecule has 1 aromatic rings. The number of benzene rings is 1. The fourth-order valence-electron chi connectivity index (χ4n) is 2.80. The third kappa shape index (κ3) is 4.59. The molecular weight excluding hydrogens is 306 g/mol. The molecule has 112 valence electrons. The number of rotatable bonds is 6. The van der Waals surface area contributed by atoms with E-state index in [1.807, 2.05) is 6.07 Å². The molecule has 1 heterocycles. The van der Waals surface area contributed by atoms with Gasteiger partial charge in [-0.25, -0.2) is 0 Å². The molecule has 1 aliphatic rings. The highest BCUT2D eigenvalue weighted by atomic mass is 35.5. The molecule has 1 aliphatic heterocycles. The molecule has 0 aliphatic carbocycles. The Kier molecular flexibility index (Phi) is 7.09. The number of hydrogen-bond donors (Lipinski definition) is 1. The lowest BCUT2D eigenvalue weighted by Gasteiger charge is -2.36. The predicted molar refractivity (Wildman–Crippen MR) is 95.4 cm³/mol. The van der Waals surface area contributed by atoms with Crippen LogP contribution in [-0.4, -0.2) is 34.6 Å². The highest BCUT2D eigenvalue weighted by molar-refractivity contribution is 8.07. The van der Waals surface area contributed by atoms with E-state index in [0.29, 0.717) is 11.3 Å². The highest BCUT2D eigenvalue weighted by Crippen LogP contribution is 2.36. The minimum atomic E-state index is 0.543. The van der Waals surface area contributed by atoms with E-state index in [1.54, 1.807) is 0 Å². The van der Waals surface area contributed by atoms with Crippen molar-refractivity contribution >= 4 is 35.1 Å². The van der Waals surface area contributed by atoms with Gasteiger partial charge in [-0.1, -0.05) is 37.6 Å². The van der Waals surface area contributed by atoms with Gasteiger partial charge in [-0.15, -0.1) is 0 Å². The molecule has 1 saturated heterocycles. The molecule has 0 aromatic heterocycles. The minimum absolute atomic E-state index is 0.543. The van der Waals surface area contributed by atoms with Crippen molar-refractivity contribution in [3.8, 4) is 0 Å². The molecular formula is C16H24ClNS2. The Labute approximate surface area is 136 Å². The van der Waals surface area contributed by atoms with Crippen molar-refractivity contribution in [2.45, 2.75) is 43.2 Å². The largest absolute Gasteiger partial charge is 0.313 e. The predicted octanol–water partition coefficient (Wildman–Crippen LogP) is 4.49. The van der Waals surface area contributed by atoms with Gasteiger partial charge in [0.1, 0.15) is 0 Å². The van der Waals surface area contributed by atoms with Gasteiger partial charge in [0.2, 0.25) is 0 Å². The molecule has 1 fully saturated rings. The van der Waals surface area contributed by atoms with Crippen LogP contribution in [-0.2, 0) is 6.42 Å². The third-order valence-corrected chi connectivity index (χ3v) is 7.34. The molecule has 3 unspecified atom stereocenters. The Morgan fingerprint density at radius 1 is 1.30 bits per heavy atom. The maximum absolute atomic E-state index is 6.12. The Morgan fingerprint density at radius 2 is 2.10 bits per heavy atom. The van der Waals surface area contributed by atoms with E-state index in [-0.39, 0.29) is 0 Å². The average Bonchev–Trinajstić information content (AvgIpc) is 2.47. The van der Waals surface area contributed by atoms with Crippen molar-refractivity contribution in [1.29, 1.82) is 0 Å². The van der Waals surface area contributed by atoms with Crippen LogP contribution in [0.2, 0.25) is 5.02 Å². The smallest absolute Gasteiger partial charge is 0.0408 e. The maximum atomic E-state index is 6.12. The molecule has 0 radical (unpaired) electrons. The van der Waals surface area contributed by atoms with Crippen molar-refractivity contribution in [2.75, 3.05) is 18.1 Å². The summed E-state index contributed by atoms with van der Waals surface area (Å²) >= 11 is 10.4. The quantitative estimate of drug-likeness (QED) is 0.826.